The molecule has 1 N–H and O–H groups in total. The molecule has 2 aliphatic rings. The van der Waals surface area contributed by atoms with E-state index in [-0.39, 0.29) is 0 Å². The molecule has 20 heavy (non-hydrogen) atoms. The van der Waals surface area contributed by atoms with Gasteiger partial charge in [-0.25, -0.2) is 4.98 Å². The van der Waals surface area contributed by atoms with Gasteiger partial charge in [-0.3, -0.25) is 0 Å². The average Bonchev–Trinajstić information content (AvgIpc) is 2.86. The van der Waals surface area contributed by atoms with E-state index in [0.717, 1.165) is 11.8 Å². The highest BCUT2D eigenvalue weighted by Gasteiger charge is 2.29. The summed E-state index contributed by atoms with van der Waals surface area (Å²) in [6.07, 6.45) is 12.1. The second kappa shape index (κ2) is 5.88. The number of rotatable bonds is 2. The van der Waals surface area contributed by atoms with Gasteiger partial charge in [0.25, 0.3) is 0 Å². The summed E-state index contributed by atoms with van der Waals surface area (Å²) in [6, 6.07) is 1.81. The quantitative estimate of drug-likeness (QED) is 0.881. The number of hydrogen-bond acceptors (Lipinski definition) is 2. The van der Waals surface area contributed by atoms with Crippen molar-refractivity contribution in [3.05, 3.63) is 18.2 Å². The maximum absolute atomic E-state index is 4.47. The second-order valence-electron chi connectivity index (χ2n) is 7.35. The minimum absolute atomic E-state index is 0.508. The van der Waals surface area contributed by atoms with Crippen molar-refractivity contribution in [2.45, 2.75) is 77.4 Å². The number of hydrogen-bond donors (Lipinski definition) is 1. The van der Waals surface area contributed by atoms with E-state index in [4.69, 9.17) is 0 Å². The van der Waals surface area contributed by atoms with Crippen molar-refractivity contribution in [3.8, 4) is 0 Å². The van der Waals surface area contributed by atoms with Gasteiger partial charge in [0, 0.05) is 24.3 Å². The van der Waals surface area contributed by atoms with Gasteiger partial charge in [-0.1, -0.05) is 13.8 Å². The van der Waals surface area contributed by atoms with Crippen LogP contribution in [0.2, 0.25) is 0 Å². The van der Waals surface area contributed by atoms with Gasteiger partial charge in [-0.2, -0.15) is 0 Å². The molecule has 1 saturated carbocycles. The molecule has 112 valence electrons. The highest BCUT2D eigenvalue weighted by Crippen LogP contribution is 2.38. The molecule has 3 rings (SSSR count). The molecule has 1 aliphatic carbocycles. The van der Waals surface area contributed by atoms with Gasteiger partial charge in [0.05, 0.1) is 12.0 Å². The van der Waals surface area contributed by atoms with Crippen LogP contribution in [-0.2, 0) is 0 Å². The maximum atomic E-state index is 4.47. The molecule has 0 aromatic carbocycles. The highest BCUT2D eigenvalue weighted by atomic mass is 15.1. The molecular weight excluding hydrogens is 246 g/mol. The van der Waals surface area contributed by atoms with Gasteiger partial charge in [0.2, 0.25) is 0 Å². The van der Waals surface area contributed by atoms with Crippen LogP contribution < -0.4 is 5.32 Å². The number of nitrogens with zero attached hydrogens (tertiary/aromatic N) is 2. The van der Waals surface area contributed by atoms with Gasteiger partial charge >= 0.3 is 0 Å². The van der Waals surface area contributed by atoms with E-state index in [9.17, 15) is 0 Å². The van der Waals surface area contributed by atoms with E-state index in [1.54, 1.807) is 0 Å². The highest BCUT2D eigenvalue weighted by molar-refractivity contribution is 5.09. The SMILES string of the molecule is CC1CC(C)CC(n2cncc2C2CCCC(C)N2)C1. The standard InChI is InChI=1S/C17H29N3/c1-12-7-13(2)9-15(8-12)20-11-18-10-17(20)16-6-4-5-14(3)19-16/h10-16,19H,4-9H2,1-3H3. The molecule has 1 aromatic rings. The Balaban J connectivity index is 1.79. The van der Waals surface area contributed by atoms with Crippen LogP contribution in [0, 0.1) is 11.8 Å². The summed E-state index contributed by atoms with van der Waals surface area (Å²) in [5, 5.41) is 3.76. The maximum Gasteiger partial charge on any atom is 0.0951 e. The van der Waals surface area contributed by atoms with E-state index >= 15 is 0 Å². The Morgan fingerprint density at radius 2 is 1.85 bits per heavy atom. The summed E-state index contributed by atoms with van der Waals surface area (Å²) in [7, 11) is 0. The number of piperidine rings is 1. The molecule has 1 aliphatic heterocycles. The van der Waals surface area contributed by atoms with Crippen molar-refractivity contribution in [1.82, 2.24) is 14.9 Å². The van der Waals surface area contributed by atoms with Crippen molar-refractivity contribution in [2.24, 2.45) is 11.8 Å². The Bertz CT molecular complexity index is 429. The minimum atomic E-state index is 0.508. The van der Waals surface area contributed by atoms with E-state index in [1.165, 1.54) is 44.2 Å². The van der Waals surface area contributed by atoms with E-state index in [0.29, 0.717) is 18.1 Å². The summed E-state index contributed by atoms with van der Waals surface area (Å²) >= 11 is 0. The Labute approximate surface area is 123 Å². The van der Waals surface area contributed by atoms with Crippen LogP contribution in [0.3, 0.4) is 0 Å². The molecule has 4 unspecified atom stereocenters. The molecule has 2 fully saturated rings. The monoisotopic (exact) mass is 275 g/mol. The predicted molar refractivity (Wildman–Crippen MR) is 82.6 cm³/mol. The molecule has 0 bridgehead atoms. The Morgan fingerprint density at radius 1 is 1.10 bits per heavy atom. The fourth-order valence-electron chi connectivity index (χ4n) is 4.39. The lowest BCUT2D eigenvalue weighted by Crippen LogP contribution is -2.36. The van der Waals surface area contributed by atoms with Crippen molar-refractivity contribution in [1.29, 1.82) is 0 Å². The first kappa shape index (κ1) is 14.1. The normalized spacial score (nSPS) is 38.9. The van der Waals surface area contributed by atoms with Gasteiger partial charge in [0.15, 0.2) is 0 Å². The number of nitrogens with one attached hydrogen (secondary N) is 1. The minimum Gasteiger partial charge on any atom is -0.330 e. The van der Waals surface area contributed by atoms with Crippen LogP contribution in [0.25, 0.3) is 0 Å². The first-order valence-electron chi connectivity index (χ1n) is 8.41. The number of imidazole rings is 1. The zero-order valence-corrected chi connectivity index (χ0v) is 13.2. The third-order valence-electron chi connectivity index (χ3n) is 5.22. The second-order valence-corrected chi connectivity index (χ2v) is 7.35. The lowest BCUT2D eigenvalue weighted by molar-refractivity contribution is 0.212. The summed E-state index contributed by atoms with van der Waals surface area (Å²) in [6.45, 7) is 7.11. The lowest BCUT2D eigenvalue weighted by atomic mass is 9.80. The fraction of sp³-hybridized carbons (Fsp3) is 0.824. The average molecular weight is 275 g/mol. The Kier molecular flexibility index (Phi) is 4.16. The van der Waals surface area contributed by atoms with Gasteiger partial charge in [-0.15, -0.1) is 0 Å². The van der Waals surface area contributed by atoms with Crippen molar-refractivity contribution in [3.63, 3.8) is 0 Å². The zero-order chi connectivity index (χ0) is 14.1. The molecule has 3 nitrogen and oxygen atoms in total. The van der Waals surface area contributed by atoms with Crippen molar-refractivity contribution < 1.29 is 0 Å². The molecular formula is C17H29N3. The van der Waals surface area contributed by atoms with Crippen molar-refractivity contribution >= 4 is 0 Å². The molecule has 0 spiro atoms. The van der Waals surface area contributed by atoms with Crippen LogP contribution in [0.1, 0.15) is 77.1 Å². The van der Waals surface area contributed by atoms with E-state index < -0.39 is 0 Å². The fourth-order valence-corrected chi connectivity index (χ4v) is 4.39. The van der Waals surface area contributed by atoms with Crippen LogP contribution in [0.15, 0.2) is 12.5 Å². The van der Waals surface area contributed by atoms with Gasteiger partial charge < -0.3 is 9.88 Å². The summed E-state index contributed by atoms with van der Waals surface area (Å²) < 4.78 is 2.49. The molecule has 0 radical (unpaired) electrons. The largest absolute Gasteiger partial charge is 0.330 e. The predicted octanol–water partition coefficient (Wildman–Crippen LogP) is 4.08. The number of aromatic nitrogens is 2. The first-order valence-corrected chi connectivity index (χ1v) is 8.41. The molecule has 4 atom stereocenters. The third-order valence-corrected chi connectivity index (χ3v) is 5.22. The molecule has 1 aromatic heterocycles. The molecule has 3 heteroatoms. The topological polar surface area (TPSA) is 29.9 Å². The van der Waals surface area contributed by atoms with Crippen LogP contribution >= 0.6 is 0 Å². The van der Waals surface area contributed by atoms with Gasteiger partial charge in [-0.05, 0) is 57.3 Å². The van der Waals surface area contributed by atoms with E-state index in [2.05, 4.69) is 48.2 Å². The molecule has 2 heterocycles. The third kappa shape index (κ3) is 2.93. The molecule has 1 saturated heterocycles. The Morgan fingerprint density at radius 3 is 2.55 bits per heavy atom. The zero-order valence-electron chi connectivity index (χ0n) is 13.2. The summed E-state index contributed by atoms with van der Waals surface area (Å²) in [4.78, 5) is 4.47. The lowest BCUT2D eigenvalue weighted by Gasteiger charge is -2.35. The smallest absolute Gasteiger partial charge is 0.0951 e. The first-order chi connectivity index (χ1) is 9.63. The van der Waals surface area contributed by atoms with Crippen LogP contribution in [0.5, 0.6) is 0 Å². The van der Waals surface area contributed by atoms with Crippen molar-refractivity contribution in [2.75, 3.05) is 0 Å². The summed E-state index contributed by atoms with van der Waals surface area (Å²) in [5.74, 6) is 1.69. The van der Waals surface area contributed by atoms with Crippen LogP contribution in [0.4, 0.5) is 0 Å². The van der Waals surface area contributed by atoms with Gasteiger partial charge in [0.1, 0.15) is 0 Å². The molecule has 0 amide bonds. The summed E-state index contributed by atoms with van der Waals surface area (Å²) in [5.41, 5.74) is 1.42. The van der Waals surface area contributed by atoms with E-state index in [1.807, 2.05) is 0 Å². The Hall–Kier alpha value is -0.830. The van der Waals surface area contributed by atoms with Crippen LogP contribution in [-0.4, -0.2) is 15.6 Å².